The Morgan fingerprint density at radius 2 is 2.31 bits per heavy atom. The summed E-state index contributed by atoms with van der Waals surface area (Å²) < 4.78 is 14.7. The van der Waals surface area contributed by atoms with Crippen LogP contribution in [-0.2, 0) is 16.0 Å². The first kappa shape index (κ1) is 12.7. The zero-order chi connectivity index (χ0) is 12.0. The van der Waals surface area contributed by atoms with Gasteiger partial charge in [-0.3, -0.25) is 0 Å². The minimum atomic E-state index is -0.457. The molecule has 5 nitrogen and oxygen atoms in total. The zero-order valence-electron chi connectivity index (χ0n) is 9.78. The molecule has 0 fully saturated rings. The normalized spacial score (nSPS) is 12.4. The van der Waals surface area contributed by atoms with Gasteiger partial charge in [0.05, 0.1) is 19.5 Å². The third kappa shape index (κ3) is 3.36. The summed E-state index contributed by atoms with van der Waals surface area (Å²) >= 11 is 0. The van der Waals surface area contributed by atoms with Crippen LogP contribution in [0.5, 0.6) is 0 Å². The number of carbonyl (C=O) groups excluding carboxylic acids is 1. The summed E-state index contributed by atoms with van der Waals surface area (Å²) in [5.41, 5.74) is 0.787. The van der Waals surface area contributed by atoms with Crippen LogP contribution < -0.4 is 5.32 Å². The Balaban J connectivity index is 2.48. The quantitative estimate of drug-likeness (QED) is 0.740. The van der Waals surface area contributed by atoms with Crippen molar-refractivity contribution in [1.29, 1.82) is 0 Å². The van der Waals surface area contributed by atoms with Crippen molar-refractivity contribution >= 4 is 5.97 Å². The molecule has 5 heteroatoms. The van der Waals surface area contributed by atoms with Gasteiger partial charge in [0.15, 0.2) is 0 Å². The molecule has 1 aromatic rings. The number of nitrogens with one attached hydrogen (secondary N) is 1. The molecule has 1 heterocycles. The van der Waals surface area contributed by atoms with Crippen molar-refractivity contribution < 1.29 is 18.7 Å². The van der Waals surface area contributed by atoms with Crippen molar-refractivity contribution in [2.24, 2.45) is 0 Å². The summed E-state index contributed by atoms with van der Waals surface area (Å²) in [6.45, 7) is 3.22. The Labute approximate surface area is 94.7 Å². The lowest BCUT2D eigenvalue weighted by Crippen LogP contribution is -2.26. The third-order valence-electron chi connectivity index (χ3n) is 2.27. The first-order valence-electron chi connectivity index (χ1n) is 5.07. The van der Waals surface area contributed by atoms with E-state index in [1.165, 1.54) is 13.4 Å². The van der Waals surface area contributed by atoms with E-state index in [2.05, 4.69) is 10.1 Å². The van der Waals surface area contributed by atoms with Crippen LogP contribution in [0.25, 0.3) is 0 Å². The molecule has 1 atom stereocenters. The maximum Gasteiger partial charge on any atom is 0.374 e. The van der Waals surface area contributed by atoms with Crippen LogP contribution >= 0.6 is 0 Å². The van der Waals surface area contributed by atoms with Gasteiger partial charge in [0.25, 0.3) is 0 Å². The van der Waals surface area contributed by atoms with E-state index < -0.39 is 5.97 Å². The Hall–Kier alpha value is -1.33. The van der Waals surface area contributed by atoms with Crippen molar-refractivity contribution in [1.82, 2.24) is 5.32 Å². The van der Waals surface area contributed by atoms with E-state index in [0.29, 0.717) is 13.1 Å². The molecular formula is C11H17NO4. The highest BCUT2D eigenvalue weighted by Crippen LogP contribution is 2.11. The number of ether oxygens (including phenoxy) is 2. The molecule has 0 aromatic carbocycles. The van der Waals surface area contributed by atoms with Crippen LogP contribution in [0, 0.1) is 0 Å². The van der Waals surface area contributed by atoms with Crippen LogP contribution in [0.15, 0.2) is 16.7 Å². The van der Waals surface area contributed by atoms with Gasteiger partial charge in [-0.1, -0.05) is 0 Å². The van der Waals surface area contributed by atoms with Crippen molar-refractivity contribution in [2.45, 2.75) is 19.6 Å². The molecular weight excluding hydrogens is 210 g/mol. The Morgan fingerprint density at radius 3 is 2.94 bits per heavy atom. The second kappa shape index (κ2) is 6.30. The average molecular weight is 227 g/mol. The van der Waals surface area contributed by atoms with Crippen LogP contribution in [-0.4, -0.2) is 32.8 Å². The maximum absolute atomic E-state index is 11.3. The molecule has 0 bridgehead atoms. The molecule has 1 N–H and O–H groups in total. The minimum Gasteiger partial charge on any atom is -0.463 e. The molecule has 90 valence electrons. The van der Waals surface area contributed by atoms with Crippen molar-refractivity contribution in [3.05, 3.63) is 23.7 Å². The van der Waals surface area contributed by atoms with E-state index >= 15 is 0 Å². The lowest BCUT2D eigenvalue weighted by Gasteiger charge is -2.10. The van der Waals surface area contributed by atoms with Gasteiger partial charge in [0.2, 0.25) is 5.76 Å². The molecule has 0 saturated carbocycles. The first-order valence-corrected chi connectivity index (χ1v) is 5.07. The van der Waals surface area contributed by atoms with Crippen molar-refractivity contribution in [2.75, 3.05) is 20.8 Å². The topological polar surface area (TPSA) is 60.7 Å². The van der Waals surface area contributed by atoms with Crippen LogP contribution in [0.4, 0.5) is 0 Å². The van der Waals surface area contributed by atoms with Gasteiger partial charge in [-0.05, 0) is 13.0 Å². The molecule has 0 spiro atoms. The minimum absolute atomic E-state index is 0.133. The monoisotopic (exact) mass is 227 g/mol. The fourth-order valence-corrected chi connectivity index (χ4v) is 1.24. The summed E-state index contributed by atoms with van der Waals surface area (Å²) in [4.78, 5) is 11.3. The summed E-state index contributed by atoms with van der Waals surface area (Å²) in [5, 5.41) is 3.17. The van der Waals surface area contributed by atoms with E-state index in [1.54, 1.807) is 13.2 Å². The lowest BCUT2D eigenvalue weighted by molar-refractivity contribution is 0.0563. The first-order chi connectivity index (χ1) is 7.69. The molecule has 1 aromatic heterocycles. The molecule has 0 aliphatic rings. The van der Waals surface area contributed by atoms with Gasteiger partial charge in [-0.25, -0.2) is 4.79 Å². The largest absolute Gasteiger partial charge is 0.463 e. The zero-order valence-corrected chi connectivity index (χ0v) is 9.78. The van der Waals surface area contributed by atoms with Crippen molar-refractivity contribution in [3.8, 4) is 0 Å². The van der Waals surface area contributed by atoms with Gasteiger partial charge >= 0.3 is 5.97 Å². The molecule has 0 amide bonds. The fraction of sp³-hybridized carbons (Fsp3) is 0.545. The number of methoxy groups -OCH3 is 2. The summed E-state index contributed by atoms with van der Waals surface area (Å²) in [7, 11) is 2.99. The number of esters is 1. The molecule has 0 radical (unpaired) electrons. The predicted molar refractivity (Wildman–Crippen MR) is 58.2 cm³/mol. The number of rotatable bonds is 6. The molecule has 0 aliphatic carbocycles. The molecule has 0 saturated heterocycles. The Kier molecular flexibility index (Phi) is 5.01. The van der Waals surface area contributed by atoms with E-state index in [9.17, 15) is 4.79 Å². The maximum atomic E-state index is 11.3. The SMILES string of the molecule is COC(=O)c1occc1CNCC(C)OC. The highest BCUT2D eigenvalue weighted by atomic mass is 16.5. The predicted octanol–water partition coefficient (Wildman–Crippen LogP) is 1.19. The summed E-state index contributed by atoms with van der Waals surface area (Å²) in [6.07, 6.45) is 1.61. The van der Waals surface area contributed by atoms with Crippen LogP contribution in [0.2, 0.25) is 0 Å². The fourth-order valence-electron chi connectivity index (χ4n) is 1.24. The summed E-state index contributed by atoms with van der Waals surface area (Å²) in [5.74, 6) is -0.207. The number of furan rings is 1. The average Bonchev–Trinajstić information content (AvgIpc) is 2.76. The second-order valence-corrected chi connectivity index (χ2v) is 3.44. The van der Waals surface area contributed by atoms with Crippen LogP contribution in [0.3, 0.4) is 0 Å². The van der Waals surface area contributed by atoms with Gasteiger partial charge in [0, 0.05) is 25.8 Å². The summed E-state index contributed by atoms with van der Waals surface area (Å²) in [6, 6.07) is 1.75. The van der Waals surface area contributed by atoms with Gasteiger partial charge in [0.1, 0.15) is 0 Å². The number of hydrogen-bond acceptors (Lipinski definition) is 5. The Morgan fingerprint density at radius 1 is 1.56 bits per heavy atom. The van der Waals surface area contributed by atoms with Crippen molar-refractivity contribution in [3.63, 3.8) is 0 Å². The Bertz CT molecular complexity index is 334. The van der Waals surface area contributed by atoms with E-state index in [4.69, 9.17) is 9.15 Å². The standard InChI is InChI=1S/C11H17NO4/c1-8(14-2)6-12-7-9-4-5-16-10(9)11(13)15-3/h4-5,8,12H,6-7H2,1-3H3. The molecule has 16 heavy (non-hydrogen) atoms. The van der Waals surface area contributed by atoms with Gasteiger partial charge < -0.3 is 19.2 Å². The van der Waals surface area contributed by atoms with E-state index in [0.717, 1.165) is 5.56 Å². The second-order valence-electron chi connectivity index (χ2n) is 3.44. The van der Waals surface area contributed by atoms with Gasteiger partial charge in [-0.15, -0.1) is 0 Å². The molecule has 1 unspecified atom stereocenters. The lowest BCUT2D eigenvalue weighted by atomic mass is 10.2. The third-order valence-corrected chi connectivity index (χ3v) is 2.27. The van der Waals surface area contributed by atoms with E-state index in [-0.39, 0.29) is 11.9 Å². The smallest absolute Gasteiger partial charge is 0.374 e. The number of hydrogen-bond donors (Lipinski definition) is 1. The molecule has 0 aliphatic heterocycles. The highest BCUT2D eigenvalue weighted by Gasteiger charge is 2.15. The van der Waals surface area contributed by atoms with Gasteiger partial charge in [-0.2, -0.15) is 0 Å². The van der Waals surface area contributed by atoms with Crippen LogP contribution in [0.1, 0.15) is 23.0 Å². The molecule has 1 rings (SSSR count). The number of carbonyl (C=O) groups is 1. The highest BCUT2D eigenvalue weighted by molar-refractivity contribution is 5.87. The van der Waals surface area contributed by atoms with E-state index in [1.807, 2.05) is 6.92 Å².